The summed E-state index contributed by atoms with van der Waals surface area (Å²) in [5.74, 6) is 0.333. The lowest BCUT2D eigenvalue weighted by atomic mass is 9.88. The van der Waals surface area contributed by atoms with Gasteiger partial charge >= 0.3 is 0 Å². The van der Waals surface area contributed by atoms with Crippen molar-refractivity contribution in [3.63, 3.8) is 0 Å². The highest BCUT2D eigenvalue weighted by molar-refractivity contribution is 7.22. The summed E-state index contributed by atoms with van der Waals surface area (Å²) in [4.78, 5) is 24.8. The van der Waals surface area contributed by atoms with Gasteiger partial charge in [-0.25, -0.2) is 4.98 Å². The summed E-state index contributed by atoms with van der Waals surface area (Å²) in [6.45, 7) is 6.81. The van der Waals surface area contributed by atoms with Crippen LogP contribution in [0.5, 0.6) is 0 Å². The lowest BCUT2D eigenvalue weighted by molar-refractivity contribution is -0.136. The minimum absolute atomic E-state index is 0.105. The highest BCUT2D eigenvalue weighted by Gasteiger charge is 2.32. The first-order valence-electron chi connectivity index (χ1n) is 14.9. The molecule has 0 aliphatic carbocycles. The van der Waals surface area contributed by atoms with Crippen molar-refractivity contribution in [1.29, 1.82) is 0 Å². The van der Waals surface area contributed by atoms with E-state index in [1.165, 1.54) is 33.6 Å². The summed E-state index contributed by atoms with van der Waals surface area (Å²) in [7, 11) is 0. The predicted molar refractivity (Wildman–Crippen MR) is 174 cm³/mol. The quantitative estimate of drug-likeness (QED) is 0.291. The van der Waals surface area contributed by atoms with Gasteiger partial charge in [0.1, 0.15) is 0 Å². The number of nitrogens with zero attached hydrogens (tertiary/aromatic N) is 4. The van der Waals surface area contributed by atoms with Crippen molar-refractivity contribution in [2.45, 2.75) is 31.8 Å². The van der Waals surface area contributed by atoms with Gasteiger partial charge in [0, 0.05) is 44.3 Å². The second-order valence-electron chi connectivity index (χ2n) is 11.5. The summed E-state index contributed by atoms with van der Waals surface area (Å²) in [5.41, 5.74) is 18.5. The number of amides is 1. The van der Waals surface area contributed by atoms with Gasteiger partial charge in [-0.15, -0.1) is 0 Å². The standard InChI is InChI=1S/C33H39ClN6OS/c34-27-9-10-28(23-5-2-1-3-6-23)25(21-27)13-16-38-14-11-24(12-15-38)30(35)32(41)40-19-17-39(18-20-40)22-26-7-4-8-29-31(26)37-33(36)42-29/h1-10,21,24,30H,11-20,22,35H2,(H2,36,37)/t30-/m1/s1. The van der Waals surface area contributed by atoms with Crippen LogP contribution in [0.15, 0.2) is 66.7 Å². The zero-order valence-corrected chi connectivity index (χ0v) is 25.5. The van der Waals surface area contributed by atoms with Crippen LogP contribution in [0.25, 0.3) is 21.3 Å². The van der Waals surface area contributed by atoms with Crippen molar-refractivity contribution in [3.05, 3.63) is 82.9 Å². The van der Waals surface area contributed by atoms with Gasteiger partial charge in [-0.2, -0.15) is 0 Å². The van der Waals surface area contributed by atoms with Gasteiger partial charge in [-0.1, -0.05) is 71.5 Å². The van der Waals surface area contributed by atoms with E-state index in [0.717, 1.165) is 73.8 Å². The molecule has 2 aliphatic heterocycles. The Morgan fingerprint density at radius 2 is 1.69 bits per heavy atom. The van der Waals surface area contributed by atoms with Crippen LogP contribution in [-0.2, 0) is 17.8 Å². The van der Waals surface area contributed by atoms with E-state index in [-0.39, 0.29) is 11.8 Å². The van der Waals surface area contributed by atoms with E-state index in [1.807, 2.05) is 17.0 Å². The lowest BCUT2D eigenvalue weighted by Gasteiger charge is -2.39. The predicted octanol–water partition coefficient (Wildman–Crippen LogP) is 5.13. The monoisotopic (exact) mass is 602 g/mol. The number of hydrogen-bond donors (Lipinski definition) is 2. The molecule has 6 rings (SSSR count). The van der Waals surface area contributed by atoms with Crippen molar-refractivity contribution >= 4 is 44.2 Å². The van der Waals surface area contributed by atoms with Crippen molar-refractivity contribution in [3.8, 4) is 11.1 Å². The molecular formula is C33H39ClN6OS. The molecule has 9 heteroatoms. The molecule has 220 valence electrons. The van der Waals surface area contributed by atoms with Crippen LogP contribution in [0.3, 0.4) is 0 Å². The number of rotatable bonds is 8. The maximum absolute atomic E-state index is 13.4. The number of halogens is 1. The van der Waals surface area contributed by atoms with Gasteiger partial charge in [0.25, 0.3) is 0 Å². The molecule has 7 nitrogen and oxygen atoms in total. The Morgan fingerprint density at radius 1 is 0.929 bits per heavy atom. The highest BCUT2D eigenvalue weighted by atomic mass is 35.5. The molecule has 2 aliphatic rings. The number of carbonyl (C=O) groups is 1. The van der Waals surface area contributed by atoms with Gasteiger partial charge in [-0.3, -0.25) is 9.69 Å². The molecule has 1 atom stereocenters. The summed E-state index contributed by atoms with van der Waals surface area (Å²) in [6.07, 6.45) is 2.85. The molecule has 0 saturated carbocycles. The number of carbonyl (C=O) groups excluding carboxylic acids is 1. The number of nitrogen functional groups attached to an aromatic ring is 1. The number of thiazole rings is 1. The zero-order valence-electron chi connectivity index (χ0n) is 23.9. The van der Waals surface area contributed by atoms with Crippen LogP contribution in [-0.4, -0.2) is 77.4 Å². The van der Waals surface area contributed by atoms with Gasteiger partial charge in [-0.05, 0) is 78.7 Å². The molecule has 3 aromatic carbocycles. The number of nitrogens with two attached hydrogens (primary N) is 2. The van der Waals surface area contributed by atoms with E-state index in [4.69, 9.17) is 23.1 Å². The maximum atomic E-state index is 13.4. The Labute approximate surface area is 257 Å². The zero-order chi connectivity index (χ0) is 29.1. The second kappa shape index (κ2) is 13.1. The van der Waals surface area contributed by atoms with E-state index >= 15 is 0 Å². The molecule has 2 saturated heterocycles. The van der Waals surface area contributed by atoms with E-state index in [0.29, 0.717) is 18.2 Å². The van der Waals surface area contributed by atoms with Gasteiger partial charge < -0.3 is 21.3 Å². The summed E-state index contributed by atoms with van der Waals surface area (Å²) < 4.78 is 1.12. The van der Waals surface area contributed by atoms with Crippen LogP contribution in [0, 0.1) is 5.92 Å². The van der Waals surface area contributed by atoms with Gasteiger partial charge in [0.2, 0.25) is 5.91 Å². The Hall–Kier alpha value is -3.01. The second-order valence-corrected chi connectivity index (χ2v) is 13.0. The fourth-order valence-electron chi connectivity index (χ4n) is 6.41. The SMILES string of the molecule is Nc1nc2c(CN3CCN(C(=O)[C@H](N)C4CCN(CCc5cc(Cl)ccc5-c5ccccc5)CC4)CC3)cccc2s1. The third kappa shape index (κ3) is 6.63. The third-order valence-corrected chi connectivity index (χ3v) is 9.96. The fraction of sp³-hybridized carbons (Fsp3) is 0.394. The minimum atomic E-state index is -0.428. The molecule has 0 unspecified atom stereocenters. The Bertz CT molecular complexity index is 1510. The Kier molecular flexibility index (Phi) is 9.07. The Morgan fingerprint density at radius 3 is 2.45 bits per heavy atom. The van der Waals surface area contributed by atoms with E-state index in [9.17, 15) is 4.79 Å². The number of piperazine rings is 1. The van der Waals surface area contributed by atoms with Crippen LogP contribution >= 0.6 is 22.9 Å². The first-order valence-corrected chi connectivity index (χ1v) is 16.1. The highest BCUT2D eigenvalue weighted by Crippen LogP contribution is 2.29. The normalized spacial score (nSPS) is 18.0. The largest absolute Gasteiger partial charge is 0.375 e. The number of piperidine rings is 1. The topological polar surface area (TPSA) is 91.7 Å². The molecule has 42 heavy (non-hydrogen) atoms. The van der Waals surface area contributed by atoms with Crippen LogP contribution in [0.1, 0.15) is 24.0 Å². The smallest absolute Gasteiger partial charge is 0.239 e. The molecule has 0 bridgehead atoms. The average molecular weight is 603 g/mol. The van der Waals surface area contributed by atoms with Crippen molar-refractivity contribution in [2.75, 3.05) is 51.5 Å². The summed E-state index contributed by atoms with van der Waals surface area (Å²) in [5, 5.41) is 1.38. The molecule has 0 spiro atoms. The maximum Gasteiger partial charge on any atom is 0.239 e. The van der Waals surface area contributed by atoms with Gasteiger partial charge in [0.15, 0.2) is 5.13 Å². The van der Waals surface area contributed by atoms with Crippen molar-refractivity contribution in [1.82, 2.24) is 19.7 Å². The molecular weight excluding hydrogens is 564 g/mol. The summed E-state index contributed by atoms with van der Waals surface area (Å²) >= 11 is 7.89. The first-order chi connectivity index (χ1) is 20.4. The van der Waals surface area contributed by atoms with Crippen LogP contribution in [0.4, 0.5) is 5.13 Å². The first kappa shape index (κ1) is 29.1. The van der Waals surface area contributed by atoms with Crippen molar-refractivity contribution < 1.29 is 4.79 Å². The molecule has 4 N–H and O–H groups in total. The number of aromatic nitrogens is 1. The molecule has 1 amide bonds. The minimum Gasteiger partial charge on any atom is -0.375 e. The van der Waals surface area contributed by atoms with Crippen LogP contribution in [0.2, 0.25) is 5.02 Å². The third-order valence-electron chi connectivity index (χ3n) is 8.87. The molecule has 3 heterocycles. The number of likely N-dealkylation sites (tertiary alicyclic amines) is 1. The number of hydrogen-bond acceptors (Lipinski definition) is 7. The van der Waals surface area contributed by atoms with E-state index in [1.54, 1.807) is 0 Å². The Balaban J connectivity index is 0.970. The molecule has 1 aromatic heterocycles. The molecule has 4 aromatic rings. The van der Waals surface area contributed by atoms with E-state index < -0.39 is 6.04 Å². The van der Waals surface area contributed by atoms with E-state index in [2.05, 4.69) is 69.4 Å². The fourth-order valence-corrected chi connectivity index (χ4v) is 7.39. The van der Waals surface area contributed by atoms with Gasteiger partial charge in [0.05, 0.1) is 16.3 Å². The van der Waals surface area contributed by atoms with Crippen LogP contribution < -0.4 is 11.5 Å². The number of anilines is 1. The lowest BCUT2D eigenvalue weighted by Crippen LogP contribution is -2.55. The number of benzene rings is 3. The average Bonchev–Trinajstić information content (AvgIpc) is 3.41. The molecule has 2 fully saturated rings. The summed E-state index contributed by atoms with van der Waals surface area (Å²) in [6, 6.07) is 22.5. The van der Waals surface area contributed by atoms with Crippen molar-refractivity contribution in [2.24, 2.45) is 11.7 Å². The number of fused-ring (bicyclic) bond motifs is 1. The number of para-hydroxylation sites is 1. The molecule has 0 radical (unpaired) electrons.